The fourth-order valence-electron chi connectivity index (χ4n) is 1.57. The van der Waals surface area contributed by atoms with E-state index in [1.54, 1.807) is 12.1 Å². The van der Waals surface area contributed by atoms with Gasteiger partial charge in [-0.3, -0.25) is 14.8 Å². The second-order valence-electron chi connectivity index (χ2n) is 4.20. The molecule has 0 aliphatic rings. The Morgan fingerprint density at radius 2 is 1.94 bits per heavy atom. The molecule has 0 radical (unpaired) electrons. The van der Waals surface area contributed by atoms with E-state index >= 15 is 0 Å². The standard InChI is InChI=1S/C12H12BrN3O2/c1-8(2)15-7-11(13)12(14-15)9-3-5-10(6-4-9)16(17)18/h3-8H,1-2H3. The van der Waals surface area contributed by atoms with Crippen LogP contribution in [0.2, 0.25) is 0 Å². The van der Waals surface area contributed by atoms with Crippen molar-refractivity contribution in [2.75, 3.05) is 0 Å². The van der Waals surface area contributed by atoms with Gasteiger partial charge in [0.2, 0.25) is 0 Å². The number of benzene rings is 1. The molecule has 1 heterocycles. The highest BCUT2D eigenvalue weighted by atomic mass is 79.9. The maximum absolute atomic E-state index is 10.6. The lowest BCUT2D eigenvalue weighted by atomic mass is 10.1. The third-order valence-electron chi connectivity index (χ3n) is 2.57. The first-order chi connectivity index (χ1) is 8.49. The molecule has 5 nitrogen and oxygen atoms in total. The number of aromatic nitrogens is 2. The van der Waals surface area contributed by atoms with E-state index in [0.29, 0.717) is 0 Å². The maximum Gasteiger partial charge on any atom is 0.269 e. The molecule has 94 valence electrons. The van der Waals surface area contributed by atoms with Crippen molar-refractivity contribution in [1.29, 1.82) is 0 Å². The molecule has 0 unspecified atom stereocenters. The van der Waals surface area contributed by atoms with Crippen LogP contribution in [0.1, 0.15) is 19.9 Å². The van der Waals surface area contributed by atoms with Gasteiger partial charge < -0.3 is 0 Å². The van der Waals surface area contributed by atoms with Gasteiger partial charge in [-0.15, -0.1) is 0 Å². The number of nitro benzene ring substituents is 1. The van der Waals surface area contributed by atoms with Crippen LogP contribution in [0, 0.1) is 10.1 Å². The number of nitro groups is 1. The van der Waals surface area contributed by atoms with Crippen molar-refractivity contribution in [3.8, 4) is 11.3 Å². The van der Waals surface area contributed by atoms with Crippen LogP contribution in [0.4, 0.5) is 5.69 Å². The predicted octanol–water partition coefficient (Wildman–Crippen LogP) is 3.80. The average molecular weight is 310 g/mol. The molecule has 6 heteroatoms. The summed E-state index contributed by atoms with van der Waals surface area (Å²) in [5, 5.41) is 15.0. The molecule has 0 amide bonds. The topological polar surface area (TPSA) is 61.0 Å². The molecule has 2 aromatic rings. The fourth-order valence-corrected chi connectivity index (χ4v) is 2.09. The van der Waals surface area contributed by atoms with E-state index in [2.05, 4.69) is 21.0 Å². The quantitative estimate of drug-likeness (QED) is 0.640. The minimum atomic E-state index is -0.411. The highest BCUT2D eigenvalue weighted by Gasteiger charge is 2.12. The van der Waals surface area contributed by atoms with E-state index in [1.807, 2.05) is 24.7 Å². The molecule has 0 spiro atoms. The Hall–Kier alpha value is -1.69. The summed E-state index contributed by atoms with van der Waals surface area (Å²) in [7, 11) is 0. The van der Waals surface area contributed by atoms with E-state index in [4.69, 9.17) is 0 Å². The van der Waals surface area contributed by atoms with E-state index in [0.717, 1.165) is 15.7 Å². The first-order valence-electron chi connectivity index (χ1n) is 5.48. The number of hydrogen-bond donors (Lipinski definition) is 0. The number of non-ortho nitro benzene ring substituents is 1. The Balaban J connectivity index is 2.39. The van der Waals surface area contributed by atoms with Gasteiger partial charge in [-0.1, -0.05) is 0 Å². The second-order valence-corrected chi connectivity index (χ2v) is 5.06. The van der Waals surface area contributed by atoms with Crippen LogP contribution in [0.5, 0.6) is 0 Å². The fraction of sp³-hybridized carbons (Fsp3) is 0.250. The molecule has 0 saturated carbocycles. The van der Waals surface area contributed by atoms with Gasteiger partial charge in [0, 0.05) is 29.9 Å². The summed E-state index contributed by atoms with van der Waals surface area (Å²) >= 11 is 3.45. The van der Waals surface area contributed by atoms with Crippen LogP contribution < -0.4 is 0 Å². The number of rotatable bonds is 3. The second kappa shape index (κ2) is 4.89. The molecule has 0 bridgehead atoms. The molecule has 0 fully saturated rings. The first kappa shape index (κ1) is 12.8. The summed E-state index contributed by atoms with van der Waals surface area (Å²) < 4.78 is 2.73. The zero-order chi connectivity index (χ0) is 13.3. The molecule has 0 aliphatic heterocycles. The van der Waals surface area contributed by atoms with Crippen LogP contribution in [0.3, 0.4) is 0 Å². The third kappa shape index (κ3) is 2.43. The van der Waals surface area contributed by atoms with Crippen molar-refractivity contribution in [3.05, 3.63) is 45.0 Å². The Bertz CT molecular complexity index is 576. The Morgan fingerprint density at radius 3 is 2.39 bits per heavy atom. The molecule has 1 aromatic heterocycles. The molecule has 18 heavy (non-hydrogen) atoms. The average Bonchev–Trinajstić information content (AvgIpc) is 2.71. The molecule has 0 aliphatic carbocycles. The van der Waals surface area contributed by atoms with Crippen LogP contribution in [0.15, 0.2) is 34.9 Å². The maximum atomic E-state index is 10.6. The lowest BCUT2D eigenvalue weighted by Crippen LogP contribution is -2.00. The van der Waals surface area contributed by atoms with Crippen LogP contribution in [0.25, 0.3) is 11.3 Å². The third-order valence-corrected chi connectivity index (χ3v) is 3.15. The zero-order valence-corrected chi connectivity index (χ0v) is 11.6. The molecule has 0 N–H and O–H groups in total. The summed E-state index contributed by atoms with van der Waals surface area (Å²) in [5.74, 6) is 0. The van der Waals surface area contributed by atoms with Crippen molar-refractivity contribution < 1.29 is 4.92 Å². The monoisotopic (exact) mass is 309 g/mol. The molecular formula is C12H12BrN3O2. The van der Waals surface area contributed by atoms with Gasteiger partial charge >= 0.3 is 0 Å². The van der Waals surface area contributed by atoms with E-state index in [9.17, 15) is 10.1 Å². The minimum Gasteiger partial charge on any atom is -0.268 e. The van der Waals surface area contributed by atoms with Gasteiger partial charge in [0.25, 0.3) is 5.69 Å². The number of nitrogens with zero attached hydrogens (tertiary/aromatic N) is 3. The molecule has 0 atom stereocenters. The summed E-state index contributed by atoms with van der Waals surface area (Å²) in [6, 6.07) is 6.64. The Kier molecular flexibility index (Phi) is 3.47. The lowest BCUT2D eigenvalue weighted by Gasteiger charge is -2.03. The first-order valence-corrected chi connectivity index (χ1v) is 6.28. The normalized spacial score (nSPS) is 10.9. The zero-order valence-electron chi connectivity index (χ0n) is 10.0. The van der Waals surface area contributed by atoms with Gasteiger partial charge in [0.15, 0.2) is 0 Å². The summed E-state index contributed by atoms with van der Waals surface area (Å²) in [6.07, 6.45) is 1.90. The highest BCUT2D eigenvalue weighted by molar-refractivity contribution is 9.10. The van der Waals surface area contributed by atoms with E-state index in [1.165, 1.54) is 12.1 Å². The molecule has 2 rings (SSSR count). The summed E-state index contributed by atoms with van der Waals surface area (Å²) in [4.78, 5) is 10.2. The van der Waals surface area contributed by atoms with Crippen LogP contribution in [-0.4, -0.2) is 14.7 Å². The van der Waals surface area contributed by atoms with Crippen molar-refractivity contribution in [3.63, 3.8) is 0 Å². The van der Waals surface area contributed by atoms with Crippen molar-refractivity contribution in [1.82, 2.24) is 9.78 Å². The van der Waals surface area contributed by atoms with Crippen molar-refractivity contribution in [2.24, 2.45) is 0 Å². The SMILES string of the molecule is CC(C)n1cc(Br)c(-c2ccc([N+](=O)[O-])cc2)n1. The Morgan fingerprint density at radius 1 is 1.33 bits per heavy atom. The predicted molar refractivity (Wildman–Crippen MR) is 72.4 cm³/mol. The van der Waals surface area contributed by atoms with Gasteiger partial charge in [-0.2, -0.15) is 5.10 Å². The molecular weight excluding hydrogens is 298 g/mol. The van der Waals surface area contributed by atoms with Gasteiger partial charge in [-0.25, -0.2) is 0 Å². The van der Waals surface area contributed by atoms with Gasteiger partial charge in [0.05, 0.1) is 9.40 Å². The van der Waals surface area contributed by atoms with Gasteiger partial charge in [-0.05, 0) is 41.9 Å². The Labute approximate surface area is 113 Å². The summed E-state index contributed by atoms with van der Waals surface area (Å²) in [5.41, 5.74) is 1.73. The number of halogens is 1. The molecule has 1 aromatic carbocycles. The summed E-state index contributed by atoms with van der Waals surface area (Å²) in [6.45, 7) is 4.08. The van der Waals surface area contributed by atoms with Crippen LogP contribution in [-0.2, 0) is 0 Å². The largest absolute Gasteiger partial charge is 0.269 e. The van der Waals surface area contributed by atoms with Crippen molar-refractivity contribution in [2.45, 2.75) is 19.9 Å². The van der Waals surface area contributed by atoms with Gasteiger partial charge in [0.1, 0.15) is 5.69 Å². The minimum absolute atomic E-state index is 0.0816. The smallest absolute Gasteiger partial charge is 0.268 e. The number of hydrogen-bond acceptors (Lipinski definition) is 3. The lowest BCUT2D eigenvalue weighted by molar-refractivity contribution is -0.384. The van der Waals surface area contributed by atoms with Crippen molar-refractivity contribution >= 4 is 21.6 Å². The highest BCUT2D eigenvalue weighted by Crippen LogP contribution is 2.28. The van der Waals surface area contributed by atoms with E-state index in [-0.39, 0.29) is 11.7 Å². The van der Waals surface area contributed by atoms with Crippen LogP contribution >= 0.6 is 15.9 Å². The molecule has 0 saturated heterocycles. The van der Waals surface area contributed by atoms with E-state index < -0.39 is 4.92 Å².